The van der Waals surface area contributed by atoms with Crippen LogP contribution in [0.25, 0.3) is 10.9 Å². The van der Waals surface area contributed by atoms with Crippen molar-refractivity contribution in [2.75, 3.05) is 5.32 Å². The van der Waals surface area contributed by atoms with Crippen molar-refractivity contribution in [3.05, 3.63) is 53.4 Å². The lowest BCUT2D eigenvalue weighted by Crippen LogP contribution is -2.12. The SMILES string of the molecule is NC(=S)c1ccnc(Nc2ccc(Cl)c3cccnc23)n1. The first-order valence-corrected chi connectivity index (χ1v) is 6.87. The molecule has 0 aliphatic rings. The normalized spacial score (nSPS) is 10.5. The van der Waals surface area contributed by atoms with E-state index in [1.165, 1.54) is 0 Å². The summed E-state index contributed by atoms with van der Waals surface area (Å²) in [5.74, 6) is 0.398. The average Bonchev–Trinajstić information content (AvgIpc) is 2.51. The van der Waals surface area contributed by atoms with Gasteiger partial charge in [-0.3, -0.25) is 4.98 Å². The minimum Gasteiger partial charge on any atom is -0.388 e. The number of pyridine rings is 1. The van der Waals surface area contributed by atoms with Crippen LogP contribution >= 0.6 is 23.8 Å². The molecule has 0 aliphatic carbocycles. The van der Waals surface area contributed by atoms with Gasteiger partial charge in [-0.1, -0.05) is 23.8 Å². The van der Waals surface area contributed by atoms with E-state index in [-0.39, 0.29) is 4.99 Å². The standard InChI is InChI=1S/C14H10ClN5S/c15-9-3-4-10(12-8(9)2-1-6-17-12)19-14-18-7-5-11(20-14)13(16)21/h1-7H,(H2,16,21)(H,18,19,20). The van der Waals surface area contributed by atoms with Gasteiger partial charge in [0.25, 0.3) is 0 Å². The molecule has 0 unspecified atom stereocenters. The van der Waals surface area contributed by atoms with Crippen molar-refractivity contribution in [1.29, 1.82) is 0 Å². The Kier molecular flexibility index (Phi) is 3.64. The molecule has 0 amide bonds. The number of thiocarbonyl (C=S) groups is 1. The molecule has 0 atom stereocenters. The third-order valence-electron chi connectivity index (χ3n) is 2.87. The number of hydrogen-bond acceptors (Lipinski definition) is 5. The van der Waals surface area contributed by atoms with Crippen molar-refractivity contribution < 1.29 is 0 Å². The maximum absolute atomic E-state index is 6.17. The topological polar surface area (TPSA) is 76.7 Å². The number of hydrogen-bond donors (Lipinski definition) is 2. The lowest BCUT2D eigenvalue weighted by Gasteiger charge is -2.09. The van der Waals surface area contributed by atoms with E-state index >= 15 is 0 Å². The van der Waals surface area contributed by atoms with Crippen LogP contribution in [0.15, 0.2) is 42.7 Å². The van der Waals surface area contributed by atoms with E-state index in [2.05, 4.69) is 20.3 Å². The molecule has 7 heteroatoms. The van der Waals surface area contributed by atoms with Crippen LogP contribution < -0.4 is 11.1 Å². The van der Waals surface area contributed by atoms with Gasteiger partial charge in [0.1, 0.15) is 10.7 Å². The minimum atomic E-state index is 0.222. The van der Waals surface area contributed by atoms with E-state index in [1.807, 2.05) is 18.2 Å². The third kappa shape index (κ3) is 2.76. The van der Waals surface area contributed by atoms with Gasteiger partial charge in [0.2, 0.25) is 5.95 Å². The number of rotatable bonds is 3. The van der Waals surface area contributed by atoms with E-state index in [1.54, 1.807) is 24.5 Å². The highest BCUT2D eigenvalue weighted by Gasteiger charge is 2.08. The minimum absolute atomic E-state index is 0.222. The number of aromatic nitrogens is 3. The zero-order valence-corrected chi connectivity index (χ0v) is 12.3. The number of fused-ring (bicyclic) bond motifs is 1. The molecule has 0 spiro atoms. The zero-order chi connectivity index (χ0) is 14.8. The van der Waals surface area contributed by atoms with Gasteiger partial charge in [-0.05, 0) is 30.3 Å². The number of benzene rings is 1. The van der Waals surface area contributed by atoms with Crippen LogP contribution in [0.4, 0.5) is 11.6 Å². The Morgan fingerprint density at radius 2 is 2.00 bits per heavy atom. The molecule has 104 valence electrons. The van der Waals surface area contributed by atoms with Crippen molar-refractivity contribution in [3.8, 4) is 0 Å². The molecule has 0 bridgehead atoms. The smallest absolute Gasteiger partial charge is 0.227 e. The molecule has 0 radical (unpaired) electrons. The van der Waals surface area contributed by atoms with E-state index < -0.39 is 0 Å². The second-order valence-corrected chi connectivity index (χ2v) is 5.10. The van der Waals surface area contributed by atoms with Crippen LogP contribution in [-0.2, 0) is 0 Å². The van der Waals surface area contributed by atoms with Crippen molar-refractivity contribution >= 4 is 51.3 Å². The van der Waals surface area contributed by atoms with Gasteiger partial charge in [-0.2, -0.15) is 0 Å². The molecule has 2 aromatic heterocycles. The van der Waals surface area contributed by atoms with E-state index in [9.17, 15) is 0 Å². The van der Waals surface area contributed by atoms with Crippen molar-refractivity contribution in [3.63, 3.8) is 0 Å². The molecule has 1 aromatic carbocycles. The van der Waals surface area contributed by atoms with Gasteiger partial charge < -0.3 is 11.1 Å². The van der Waals surface area contributed by atoms with Crippen LogP contribution in [-0.4, -0.2) is 19.9 Å². The predicted molar refractivity (Wildman–Crippen MR) is 88.0 cm³/mol. The quantitative estimate of drug-likeness (QED) is 0.723. The monoisotopic (exact) mass is 315 g/mol. The second kappa shape index (κ2) is 5.59. The fraction of sp³-hybridized carbons (Fsp3) is 0. The van der Waals surface area contributed by atoms with Crippen LogP contribution in [0.5, 0.6) is 0 Å². The molecule has 3 aromatic rings. The van der Waals surface area contributed by atoms with Gasteiger partial charge in [0, 0.05) is 17.8 Å². The Labute approximate surface area is 131 Å². The largest absolute Gasteiger partial charge is 0.388 e. The Morgan fingerprint density at radius 3 is 2.81 bits per heavy atom. The molecule has 0 saturated carbocycles. The van der Waals surface area contributed by atoms with Crippen molar-refractivity contribution in [2.45, 2.75) is 0 Å². The van der Waals surface area contributed by atoms with Gasteiger partial charge in [0.05, 0.1) is 16.2 Å². The molecule has 0 saturated heterocycles. The fourth-order valence-electron chi connectivity index (χ4n) is 1.92. The number of nitrogens with one attached hydrogen (secondary N) is 1. The molecule has 3 N–H and O–H groups in total. The maximum Gasteiger partial charge on any atom is 0.227 e. The van der Waals surface area contributed by atoms with Gasteiger partial charge in [-0.15, -0.1) is 0 Å². The van der Waals surface area contributed by atoms with Crippen LogP contribution in [0, 0.1) is 0 Å². The summed E-state index contributed by atoms with van der Waals surface area (Å²) < 4.78 is 0. The fourth-order valence-corrected chi connectivity index (χ4v) is 2.24. The summed E-state index contributed by atoms with van der Waals surface area (Å²) in [4.78, 5) is 13.0. The Morgan fingerprint density at radius 1 is 1.14 bits per heavy atom. The lowest BCUT2D eigenvalue weighted by atomic mass is 10.2. The average molecular weight is 316 g/mol. The van der Waals surface area contributed by atoms with E-state index in [0.29, 0.717) is 16.7 Å². The third-order valence-corrected chi connectivity index (χ3v) is 3.41. The van der Waals surface area contributed by atoms with E-state index in [4.69, 9.17) is 29.6 Å². The van der Waals surface area contributed by atoms with Crippen LogP contribution in [0.2, 0.25) is 5.02 Å². The molecule has 5 nitrogen and oxygen atoms in total. The van der Waals surface area contributed by atoms with Gasteiger partial charge >= 0.3 is 0 Å². The first-order chi connectivity index (χ1) is 10.1. The first kappa shape index (κ1) is 13.7. The molecule has 21 heavy (non-hydrogen) atoms. The summed E-state index contributed by atoms with van der Waals surface area (Å²) in [7, 11) is 0. The summed E-state index contributed by atoms with van der Waals surface area (Å²) in [6.45, 7) is 0. The molecular weight excluding hydrogens is 306 g/mol. The van der Waals surface area contributed by atoms with Crippen LogP contribution in [0.3, 0.4) is 0 Å². The lowest BCUT2D eigenvalue weighted by molar-refractivity contribution is 1.15. The Bertz CT molecular complexity index is 836. The molecule has 0 fully saturated rings. The molecule has 2 heterocycles. The maximum atomic E-state index is 6.17. The highest BCUT2D eigenvalue weighted by Crippen LogP contribution is 2.29. The molecule has 0 aliphatic heterocycles. The van der Waals surface area contributed by atoms with E-state index in [0.717, 1.165) is 16.6 Å². The first-order valence-electron chi connectivity index (χ1n) is 6.08. The summed E-state index contributed by atoms with van der Waals surface area (Å²) in [6, 6.07) is 9.02. The summed E-state index contributed by atoms with van der Waals surface area (Å²) >= 11 is 11.1. The number of halogens is 1. The van der Waals surface area contributed by atoms with Crippen molar-refractivity contribution in [1.82, 2.24) is 15.0 Å². The van der Waals surface area contributed by atoms with Crippen molar-refractivity contribution in [2.24, 2.45) is 5.73 Å². The Balaban J connectivity index is 2.04. The Hall–Kier alpha value is -2.31. The number of anilines is 2. The number of nitrogens with two attached hydrogens (primary N) is 1. The zero-order valence-electron chi connectivity index (χ0n) is 10.7. The predicted octanol–water partition coefficient (Wildman–Crippen LogP) is 3.06. The summed E-state index contributed by atoms with van der Waals surface area (Å²) in [5, 5.41) is 4.61. The highest BCUT2D eigenvalue weighted by molar-refractivity contribution is 7.80. The number of nitrogens with zero attached hydrogens (tertiary/aromatic N) is 3. The van der Waals surface area contributed by atoms with Gasteiger partial charge in [0.15, 0.2) is 0 Å². The summed E-state index contributed by atoms with van der Waals surface area (Å²) in [5.41, 5.74) is 7.58. The molecule has 3 rings (SSSR count). The van der Waals surface area contributed by atoms with Gasteiger partial charge in [-0.25, -0.2) is 9.97 Å². The second-order valence-electron chi connectivity index (χ2n) is 4.25. The van der Waals surface area contributed by atoms with Crippen LogP contribution in [0.1, 0.15) is 5.69 Å². The summed E-state index contributed by atoms with van der Waals surface area (Å²) in [6.07, 6.45) is 3.30. The molecular formula is C14H10ClN5S. The highest BCUT2D eigenvalue weighted by atomic mass is 35.5.